The van der Waals surface area contributed by atoms with Crippen LogP contribution in [-0.4, -0.2) is 72.3 Å². The summed E-state index contributed by atoms with van der Waals surface area (Å²) < 4.78 is 0. The highest BCUT2D eigenvalue weighted by Crippen LogP contribution is 2.43. The van der Waals surface area contributed by atoms with Gasteiger partial charge in [0.25, 0.3) is 0 Å². The number of nitrogens with zero attached hydrogens (tertiary/aromatic N) is 2. The topological polar surface area (TPSA) is 57.1 Å². The molecule has 1 aromatic carbocycles. The quantitative estimate of drug-likeness (QED) is 0.776. The predicted octanol–water partition coefficient (Wildman–Crippen LogP) is 1.28. The molecule has 0 saturated carbocycles. The molecule has 2 heterocycles. The first-order valence-electron chi connectivity index (χ1n) is 10.3. The molecule has 2 atom stereocenters. The zero-order chi connectivity index (χ0) is 20.3. The van der Waals surface area contributed by atoms with Gasteiger partial charge in [-0.3, -0.25) is 4.79 Å². The maximum absolute atomic E-state index is 12.8. The molecule has 0 aromatic heterocycles. The number of rotatable bonds is 5. The van der Waals surface area contributed by atoms with Crippen LogP contribution in [0, 0.1) is 6.92 Å². The fourth-order valence-electron chi connectivity index (χ4n) is 3.90. The Morgan fingerprint density at radius 2 is 1.96 bits per heavy atom. The van der Waals surface area contributed by atoms with Gasteiger partial charge >= 0.3 is 6.03 Å². The number of benzene rings is 1. The first-order valence-corrected chi connectivity index (χ1v) is 11.2. The van der Waals surface area contributed by atoms with Crippen LogP contribution in [0.4, 0.5) is 4.79 Å². The lowest BCUT2D eigenvalue weighted by Gasteiger charge is -2.34. The lowest BCUT2D eigenvalue weighted by atomic mass is 10.1. The van der Waals surface area contributed by atoms with Crippen molar-refractivity contribution in [3.05, 3.63) is 35.4 Å². The zero-order valence-electron chi connectivity index (χ0n) is 17.4. The molecule has 0 spiro atoms. The first kappa shape index (κ1) is 21.0. The molecule has 2 aliphatic rings. The van der Waals surface area contributed by atoms with E-state index in [0.29, 0.717) is 0 Å². The van der Waals surface area contributed by atoms with Gasteiger partial charge in [-0.2, -0.15) is 0 Å². The number of carbonyl (C=O) groups is 2. The van der Waals surface area contributed by atoms with Crippen molar-refractivity contribution in [1.82, 2.24) is 15.1 Å². The molecule has 0 bridgehead atoms. The average Bonchev–Trinajstić information content (AvgIpc) is 2.94. The van der Waals surface area contributed by atoms with Gasteiger partial charge in [-0.05, 0) is 38.8 Å². The summed E-state index contributed by atoms with van der Waals surface area (Å²) >= 11 is 1.75. The maximum Gasteiger partial charge on any atom is 0.318 e. The lowest BCUT2D eigenvalue weighted by Crippen LogP contribution is -3.15. The highest BCUT2D eigenvalue weighted by Gasteiger charge is 2.39. The molecule has 28 heavy (non-hydrogen) atoms. The minimum Gasteiger partial charge on any atom is -0.336 e. The third-order valence-electron chi connectivity index (χ3n) is 5.58. The predicted molar refractivity (Wildman–Crippen MR) is 113 cm³/mol. The fraction of sp³-hybridized carbons (Fsp3) is 0.619. The van der Waals surface area contributed by atoms with Crippen molar-refractivity contribution >= 4 is 23.7 Å². The fourth-order valence-corrected chi connectivity index (χ4v) is 5.31. The Morgan fingerprint density at radius 1 is 1.29 bits per heavy atom. The first-order chi connectivity index (χ1) is 13.4. The van der Waals surface area contributed by atoms with E-state index >= 15 is 0 Å². The summed E-state index contributed by atoms with van der Waals surface area (Å²) in [6.45, 7) is 13.2. The summed E-state index contributed by atoms with van der Waals surface area (Å²) in [5.41, 5.74) is 2.49. The summed E-state index contributed by atoms with van der Waals surface area (Å²) in [6, 6.07) is 8.57. The molecule has 2 aliphatic heterocycles. The largest absolute Gasteiger partial charge is 0.336 e. The van der Waals surface area contributed by atoms with Crippen LogP contribution in [0.25, 0.3) is 0 Å². The van der Waals surface area contributed by atoms with Crippen LogP contribution >= 0.6 is 11.8 Å². The third kappa shape index (κ3) is 4.81. The minimum absolute atomic E-state index is 0.0104. The van der Waals surface area contributed by atoms with Crippen LogP contribution < -0.4 is 10.2 Å². The Bertz CT molecular complexity index is 703. The normalized spacial score (nSPS) is 23.5. The number of nitrogens with one attached hydrogen (secondary N) is 2. The Kier molecular flexibility index (Phi) is 6.88. The molecule has 3 rings (SSSR count). The molecular formula is C21H33N4O2S+. The Hall–Kier alpha value is -1.73. The zero-order valence-corrected chi connectivity index (χ0v) is 18.2. The maximum atomic E-state index is 12.8. The highest BCUT2D eigenvalue weighted by molar-refractivity contribution is 8.01. The summed E-state index contributed by atoms with van der Waals surface area (Å²) in [4.78, 5) is 30.3. The van der Waals surface area contributed by atoms with E-state index < -0.39 is 0 Å². The van der Waals surface area contributed by atoms with E-state index in [2.05, 4.69) is 35.3 Å². The average molecular weight is 406 g/mol. The third-order valence-corrected chi connectivity index (χ3v) is 6.95. The van der Waals surface area contributed by atoms with E-state index in [0.717, 1.165) is 39.3 Å². The standard InChI is InChI=1S/C21H32N4O2S/c1-15(2)22-21(27)24-12-9-23(10-13-24)11-14-25-19(26)17(4)28-20(25)18-8-6-5-7-16(18)3/h5-8,15,17,20H,9-14H2,1-4H3,(H,22,27)/p+1/t17-,20-/m0/s1. The Labute approximate surface area is 172 Å². The van der Waals surface area contributed by atoms with Gasteiger partial charge in [-0.1, -0.05) is 24.3 Å². The second-order valence-corrected chi connectivity index (χ2v) is 9.54. The molecule has 2 fully saturated rings. The molecule has 7 heteroatoms. The van der Waals surface area contributed by atoms with Gasteiger partial charge < -0.3 is 20.0 Å². The van der Waals surface area contributed by atoms with Crippen molar-refractivity contribution in [2.75, 3.05) is 39.3 Å². The minimum atomic E-state index is 0.0104. The molecular weight excluding hydrogens is 372 g/mol. The number of piperazine rings is 1. The van der Waals surface area contributed by atoms with Crippen molar-refractivity contribution in [3.63, 3.8) is 0 Å². The van der Waals surface area contributed by atoms with Crippen molar-refractivity contribution in [3.8, 4) is 0 Å². The van der Waals surface area contributed by atoms with Gasteiger partial charge in [-0.25, -0.2) is 4.79 Å². The lowest BCUT2D eigenvalue weighted by molar-refractivity contribution is -0.903. The number of amides is 3. The van der Waals surface area contributed by atoms with E-state index in [9.17, 15) is 9.59 Å². The van der Waals surface area contributed by atoms with Crippen LogP contribution in [-0.2, 0) is 4.79 Å². The van der Waals surface area contributed by atoms with Gasteiger partial charge in [0.2, 0.25) is 5.91 Å². The van der Waals surface area contributed by atoms with E-state index in [4.69, 9.17) is 0 Å². The van der Waals surface area contributed by atoms with Crippen LogP contribution in [0.1, 0.15) is 37.3 Å². The van der Waals surface area contributed by atoms with E-state index in [1.54, 1.807) is 11.8 Å². The molecule has 154 valence electrons. The SMILES string of the molecule is Cc1ccccc1[C@@H]1S[C@@H](C)C(=O)N1CC[NH+]1CCN(C(=O)NC(C)C)CC1. The van der Waals surface area contributed by atoms with Crippen LogP contribution in [0.15, 0.2) is 24.3 Å². The number of hydrogen-bond donors (Lipinski definition) is 2. The van der Waals surface area contributed by atoms with Gasteiger partial charge in [-0.15, -0.1) is 11.8 Å². The molecule has 0 radical (unpaired) electrons. The second kappa shape index (κ2) is 9.18. The van der Waals surface area contributed by atoms with Crippen LogP contribution in [0.3, 0.4) is 0 Å². The van der Waals surface area contributed by atoms with Gasteiger partial charge in [0.15, 0.2) is 0 Å². The summed E-state index contributed by atoms with van der Waals surface area (Å²) in [7, 11) is 0. The van der Waals surface area contributed by atoms with Gasteiger partial charge in [0.05, 0.1) is 44.5 Å². The molecule has 1 aromatic rings. The number of hydrogen-bond acceptors (Lipinski definition) is 3. The van der Waals surface area contributed by atoms with Crippen molar-refractivity contribution in [1.29, 1.82) is 0 Å². The molecule has 3 amide bonds. The number of carbonyl (C=O) groups excluding carboxylic acids is 2. The molecule has 2 N–H and O–H groups in total. The van der Waals surface area contributed by atoms with Gasteiger partial charge in [0, 0.05) is 6.04 Å². The smallest absolute Gasteiger partial charge is 0.318 e. The highest BCUT2D eigenvalue weighted by atomic mass is 32.2. The van der Waals surface area contributed by atoms with Crippen molar-refractivity contribution in [2.45, 2.75) is 44.4 Å². The molecule has 2 saturated heterocycles. The Morgan fingerprint density at radius 3 is 2.61 bits per heavy atom. The molecule has 0 aliphatic carbocycles. The summed E-state index contributed by atoms with van der Waals surface area (Å²) in [5, 5.41) is 3.09. The molecule has 0 unspecified atom stereocenters. The van der Waals surface area contributed by atoms with E-state index in [-0.39, 0.29) is 28.6 Å². The number of quaternary nitrogens is 1. The van der Waals surface area contributed by atoms with Crippen LogP contribution in [0.5, 0.6) is 0 Å². The summed E-state index contributed by atoms with van der Waals surface area (Å²) in [6.07, 6.45) is 0. The van der Waals surface area contributed by atoms with Crippen molar-refractivity contribution in [2.24, 2.45) is 0 Å². The Balaban J connectivity index is 1.55. The number of aryl methyl sites for hydroxylation is 1. The second-order valence-electron chi connectivity index (χ2n) is 8.11. The number of thioether (sulfide) groups is 1. The molecule has 6 nitrogen and oxygen atoms in total. The van der Waals surface area contributed by atoms with Crippen molar-refractivity contribution < 1.29 is 14.5 Å². The summed E-state index contributed by atoms with van der Waals surface area (Å²) in [5.74, 6) is 0.243. The van der Waals surface area contributed by atoms with Gasteiger partial charge in [0.1, 0.15) is 5.37 Å². The van der Waals surface area contributed by atoms with E-state index in [1.165, 1.54) is 16.0 Å². The van der Waals surface area contributed by atoms with Crippen LogP contribution in [0.2, 0.25) is 0 Å². The number of urea groups is 1. The van der Waals surface area contributed by atoms with E-state index in [1.807, 2.05) is 31.7 Å². The monoisotopic (exact) mass is 405 g/mol.